The Labute approximate surface area is 96.4 Å². The maximum atomic E-state index is 11.5. The van der Waals surface area contributed by atoms with Crippen LogP contribution in [0.4, 0.5) is 0 Å². The Morgan fingerprint density at radius 3 is 2.93 bits per heavy atom. The molecule has 0 fully saturated rings. The smallest absolute Gasteiger partial charge is 0.251 e. The number of aromatic hydroxyl groups is 1. The third-order valence-electron chi connectivity index (χ3n) is 1.80. The van der Waals surface area contributed by atoms with Crippen molar-refractivity contribution in [3.63, 3.8) is 0 Å². The minimum atomic E-state index is -0.227. The number of hydrogen-bond donors (Lipinski definition) is 2. The molecule has 0 heterocycles. The van der Waals surface area contributed by atoms with Gasteiger partial charge in [-0.1, -0.05) is 0 Å². The summed E-state index contributed by atoms with van der Waals surface area (Å²) in [5.41, 5.74) is 0.423. The van der Waals surface area contributed by atoms with Crippen LogP contribution in [0.5, 0.6) is 5.75 Å². The fourth-order valence-corrected chi connectivity index (χ4v) is 1.27. The molecule has 0 spiro atoms. The molecule has 82 valence electrons. The summed E-state index contributed by atoms with van der Waals surface area (Å²) in [6, 6.07) is 4.67. The van der Waals surface area contributed by atoms with E-state index in [1.165, 1.54) is 6.07 Å². The Bertz CT molecular complexity index is 355. The average Bonchev–Trinajstić information content (AvgIpc) is 2.22. The number of halogens is 1. The second-order valence-corrected chi connectivity index (χ2v) is 3.77. The molecule has 1 rings (SSSR count). The van der Waals surface area contributed by atoms with Crippen molar-refractivity contribution < 1.29 is 14.6 Å². The Hall–Kier alpha value is -1.07. The van der Waals surface area contributed by atoms with Gasteiger partial charge in [-0.15, -0.1) is 0 Å². The van der Waals surface area contributed by atoms with Gasteiger partial charge in [0.15, 0.2) is 0 Å². The number of ether oxygens (including phenoxy) is 1. The first kappa shape index (κ1) is 12.0. The van der Waals surface area contributed by atoms with Gasteiger partial charge < -0.3 is 15.2 Å². The second kappa shape index (κ2) is 5.72. The number of phenolic OH excluding ortho intramolecular Hbond substituents is 1. The van der Waals surface area contributed by atoms with Crippen LogP contribution in [0, 0.1) is 0 Å². The van der Waals surface area contributed by atoms with Crippen LogP contribution >= 0.6 is 15.9 Å². The molecular formula is C10H12BrNO3. The summed E-state index contributed by atoms with van der Waals surface area (Å²) in [6.07, 6.45) is 0. The van der Waals surface area contributed by atoms with Gasteiger partial charge >= 0.3 is 0 Å². The van der Waals surface area contributed by atoms with Crippen LogP contribution in [-0.2, 0) is 4.74 Å². The number of carbonyl (C=O) groups is 1. The zero-order valence-corrected chi connectivity index (χ0v) is 9.87. The quantitative estimate of drug-likeness (QED) is 0.819. The van der Waals surface area contributed by atoms with Gasteiger partial charge in [-0.2, -0.15) is 0 Å². The number of hydrogen-bond acceptors (Lipinski definition) is 3. The Morgan fingerprint density at radius 1 is 1.60 bits per heavy atom. The van der Waals surface area contributed by atoms with Crippen LogP contribution < -0.4 is 5.32 Å². The molecule has 0 atom stereocenters. The Morgan fingerprint density at radius 2 is 2.33 bits per heavy atom. The van der Waals surface area contributed by atoms with Crippen molar-refractivity contribution in [1.82, 2.24) is 5.32 Å². The zero-order chi connectivity index (χ0) is 11.3. The Kier molecular flexibility index (Phi) is 4.58. The van der Waals surface area contributed by atoms with Crippen molar-refractivity contribution in [3.05, 3.63) is 28.2 Å². The van der Waals surface area contributed by atoms with Crippen LogP contribution in [0.15, 0.2) is 22.7 Å². The molecule has 1 aromatic rings. The number of rotatable bonds is 4. The van der Waals surface area contributed by atoms with Gasteiger partial charge in [0.1, 0.15) is 5.75 Å². The molecule has 0 unspecified atom stereocenters. The summed E-state index contributed by atoms with van der Waals surface area (Å²) in [6.45, 7) is 0.917. The van der Waals surface area contributed by atoms with Gasteiger partial charge in [-0.05, 0) is 34.1 Å². The normalized spacial score (nSPS) is 10.0. The van der Waals surface area contributed by atoms with Crippen LogP contribution in [0.3, 0.4) is 0 Å². The summed E-state index contributed by atoms with van der Waals surface area (Å²) in [4.78, 5) is 11.5. The lowest BCUT2D eigenvalue weighted by molar-refractivity contribution is 0.0936. The number of nitrogens with one attached hydrogen (secondary N) is 1. The highest BCUT2D eigenvalue weighted by Crippen LogP contribution is 2.24. The maximum absolute atomic E-state index is 11.5. The molecule has 0 saturated heterocycles. The molecular weight excluding hydrogens is 262 g/mol. The van der Waals surface area contributed by atoms with E-state index in [0.29, 0.717) is 23.2 Å². The van der Waals surface area contributed by atoms with E-state index in [-0.39, 0.29) is 11.7 Å². The number of phenols is 1. The van der Waals surface area contributed by atoms with Crippen molar-refractivity contribution in [3.8, 4) is 5.75 Å². The largest absolute Gasteiger partial charge is 0.507 e. The zero-order valence-electron chi connectivity index (χ0n) is 8.29. The highest BCUT2D eigenvalue weighted by Gasteiger charge is 2.07. The molecule has 0 bridgehead atoms. The average molecular weight is 274 g/mol. The second-order valence-electron chi connectivity index (χ2n) is 2.91. The highest BCUT2D eigenvalue weighted by atomic mass is 79.9. The highest BCUT2D eigenvalue weighted by molar-refractivity contribution is 9.10. The first-order valence-corrected chi connectivity index (χ1v) is 5.20. The van der Waals surface area contributed by atoms with Crippen molar-refractivity contribution >= 4 is 21.8 Å². The van der Waals surface area contributed by atoms with E-state index in [1.54, 1.807) is 19.2 Å². The van der Waals surface area contributed by atoms with Gasteiger partial charge in [0.2, 0.25) is 0 Å². The molecule has 1 aromatic carbocycles. The maximum Gasteiger partial charge on any atom is 0.251 e. The predicted octanol–water partition coefficient (Wildman–Crippen LogP) is 1.53. The molecule has 15 heavy (non-hydrogen) atoms. The van der Waals surface area contributed by atoms with Crippen LogP contribution in [-0.4, -0.2) is 31.3 Å². The summed E-state index contributed by atoms with van der Waals surface area (Å²) in [5.74, 6) is -0.177. The number of amides is 1. The first-order chi connectivity index (χ1) is 7.15. The lowest BCUT2D eigenvalue weighted by atomic mass is 10.2. The summed E-state index contributed by atoms with van der Waals surface area (Å²) in [7, 11) is 1.57. The molecule has 0 aliphatic rings. The number of benzene rings is 1. The molecule has 0 aliphatic heterocycles. The van der Waals surface area contributed by atoms with Gasteiger partial charge in [-0.25, -0.2) is 0 Å². The third-order valence-corrected chi connectivity index (χ3v) is 2.47. The molecule has 0 saturated carbocycles. The van der Waals surface area contributed by atoms with Gasteiger partial charge in [-0.3, -0.25) is 4.79 Å². The SMILES string of the molecule is COCCNC(=O)c1ccc(Br)c(O)c1. The van der Waals surface area contributed by atoms with Gasteiger partial charge in [0.25, 0.3) is 5.91 Å². The molecule has 0 radical (unpaired) electrons. The predicted molar refractivity (Wildman–Crippen MR) is 60.0 cm³/mol. The summed E-state index contributed by atoms with van der Waals surface area (Å²) < 4.78 is 5.37. The number of methoxy groups -OCH3 is 1. The van der Waals surface area contributed by atoms with Crippen LogP contribution in [0.2, 0.25) is 0 Å². The third kappa shape index (κ3) is 3.53. The molecule has 1 amide bonds. The molecule has 0 aromatic heterocycles. The van der Waals surface area contributed by atoms with E-state index < -0.39 is 0 Å². The van der Waals surface area contributed by atoms with Gasteiger partial charge in [0.05, 0.1) is 11.1 Å². The number of carbonyl (C=O) groups excluding carboxylic acids is 1. The monoisotopic (exact) mass is 273 g/mol. The van der Waals surface area contributed by atoms with E-state index >= 15 is 0 Å². The van der Waals surface area contributed by atoms with E-state index in [2.05, 4.69) is 21.2 Å². The lowest BCUT2D eigenvalue weighted by Crippen LogP contribution is -2.26. The fourth-order valence-electron chi connectivity index (χ4n) is 1.02. The molecule has 5 heteroatoms. The Balaban J connectivity index is 2.62. The fraction of sp³-hybridized carbons (Fsp3) is 0.300. The van der Waals surface area contributed by atoms with E-state index in [1.807, 2.05) is 0 Å². The van der Waals surface area contributed by atoms with Crippen molar-refractivity contribution in [2.24, 2.45) is 0 Å². The summed E-state index contributed by atoms with van der Waals surface area (Å²) >= 11 is 3.14. The first-order valence-electron chi connectivity index (χ1n) is 4.41. The molecule has 4 nitrogen and oxygen atoms in total. The van der Waals surface area contributed by atoms with E-state index in [9.17, 15) is 9.90 Å². The van der Waals surface area contributed by atoms with Crippen molar-refractivity contribution in [1.29, 1.82) is 0 Å². The lowest BCUT2D eigenvalue weighted by Gasteiger charge is -2.05. The van der Waals surface area contributed by atoms with Crippen LogP contribution in [0.1, 0.15) is 10.4 Å². The summed E-state index contributed by atoms with van der Waals surface area (Å²) in [5, 5.41) is 12.0. The minimum absolute atomic E-state index is 0.0504. The molecule has 0 aliphatic carbocycles. The standard InChI is InChI=1S/C10H12BrNO3/c1-15-5-4-12-10(14)7-2-3-8(11)9(13)6-7/h2-3,6,13H,4-5H2,1H3,(H,12,14). The van der Waals surface area contributed by atoms with E-state index in [0.717, 1.165) is 0 Å². The minimum Gasteiger partial charge on any atom is -0.507 e. The van der Waals surface area contributed by atoms with Gasteiger partial charge in [0, 0.05) is 19.2 Å². The van der Waals surface area contributed by atoms with Crippen molar-refractivity contribution in [2.45, 2.75) is 0 Å². The van der Waals surface area contributed by atoms with Crippen LogP contribution in [0.25, 0.3) is 0 Å². The van der Waals surface area contributed by atoms with Crippen molar-refractivity contribution in [2.75, 3.05) is 20.3 Å². The topological polar surface area (TPSA) is 58.6 Å². The molecule has 2 N–H and O–H groups in total. The van der Waals surface area contributed by atoms with E-state index in [4.69, 9.17) is 4.74 Å².